The first-order valence-electron chi connectivity index (χ1n) is 14.5. The van der Waals surface area contributed by atoms with E-state index < -0.39 is 7.71 Å². The van der Waals surface area contributed by atoms with Gasteiger partial charge in [-0.3, -0.25) is 0 Å². The van der Waals surface area contributed by atoms with E-state index in [0.717, 1.165) is 0 Å². The van der Waals surface area contributed by atoms with Gasteiger partial charge in [-0.15, -0.1) is 14.0 Å². The van der Waals surface area contributed by atoms with Crippen LogP contribution in [0.25, 0.3) is 0 Å². The van der Waals surface area contributed by atoms with E-state index in [0.29, 0.717) is 0 Å². The van der Waals surface area contributed by atoms with E-state index in [-0.39, 0.29) is 0 Å². The molecule has 31 heavy (non-hydrogen) atoms. The highest BCUT2D eigenvalue weighted by molar-refractivity contribution is 7.69. The summed E-state index contributed by atoms with van der Waals surface area (Å²) in [6, 6.07) is 0. The maximum absolute atomic E-state index is 3.08. The van der Waals surface area contributed by atoms with Gasteiger partial charge >= 0.3 is 0 Å². The van der Waals surface area contributed by atoms with Crippen LogP contribution >= 0.6 is 7.71 Å². The van der Waals surface area contributed by atoms with Crippen LogP contribution in [0.2, 0.25) is 0 Å². The molecule has 0 aromatic carbocycles. The minimum atomic E-state index is -1.30. The van der Waals surface area contributed by atoms with Crippen molar-refractivity contribution in [3.8, 4) is 0 Å². The molecule has 3 nitrogen and oxygen atoms in total. The van der Waals surface area contributed by atoms with Gasteiger partial charge in [0.05, 0.1) is 0 Å². The first-order valence-corrected chi connectivity index (χ1v) is 16.4. The van der Waals surface area contributed by atoms with Crippen LogP contribution in [0.15, 0.2) is 0 Å². The van der Waals surface area contributed by atoms with Crippen molar-refractivity contribution in [3.63, 3.8) is 0 Å². The van der Waals surface area contributed by atoms with Gasteiger partial charge in [-0.25, -0.2) is 0 Å². The highest BCUT2D eigenvalue weighted by atomic mass is 31.2. The van der Waals surface area contributed by atoms with E-state index in [4.69, 9.17) is 0 Å². The summed E-state index contributed by atoms with van der Waals surface area (Å²) >= 11 is 0. The molecular formula is C27H55N3P+. The minimum absolute atomic E-state index is 1.30. The van der Waals surface area contributed by atoms with Gasteiger partial charge in [0.25, 0.3) is 0 Å². The number of rotatable bonds is 14. The zero-order valence-corrected chi connectivity index (χ0v) is 22.1. The molecule has 0 N–H and O–H groups in total. The second kappa shape index (κ2) is 15.3. The van der Waals surface area contributed by atoms with Crippen LogP contribution in [0.4, 0.5) is 0 Å². The lowest BCUT2D eigenvalue weighted by Gasteiger charge is -2.51. The molecule has 3 aliphatic heterocycles. The molecule has 0 unspecified atom stereocenters. The number of hydrogen-bond donors (Lipinski definition) is 0. The molecule has 4 heteroatoms. The highest BCUT2D eigenvalue weighted by Gasteiger charge is 2.55. The van der Waals surface area contributed by atoms with Crippen LogP contribution < -0.4 is 0 Å². The van der Waals surface area contributed by atoms with Crippen molar-refractivity contribution in [1.29, 1.82) is 0 Å². The second-order valence-electron chi connectivity index (χ2n) is 10.6. The summed E-state index contributed by atoms with van der Waals surface area (Å²) in [6.45, 7) is 10.6. The van der Waals surface area contributed by atoms with Crippen LogP contribution in [0.1, 0.15) is 129 Å². The Morgan fingerprint density at radius 3 is 1.10 bits per heavy atom. The number of hydrogen-bond acceptors (Lipinski definition) is 3. The molecule has 0 bridgehead atoms. The van der Waals surface area contributed by atoms with Gasteiger partial charge < -0.3 is 0 Å². The number of piperidine rings is 3. The van der Waals surface area contributed by atoms with Gasteiger partial charge in [0.1, 0.15) is 6.16 Å². The smallest absolute Gasteiger partial charge is 0.148 e. The SMILES string of the molecule is CCCCCCCCCCCC[P+](N1CCCCC1)(N1CCCCC1)N1CCCCC1. The summed E-state index contributed by atoms with van der Waals surface area (Å²) in [5.41, 5.74) is 0. The number of unbranched alkanes of at least 4 members (excludes halogenated alkanes) is 9. The fourth-order valence-corrected chi connectivity index (χ4v) is 11.7. The summed E-state index contributed by atoms with van der Waals surface area (Å²) in [4.78, 5) is 0. The predicted octanol–water partition coefficient (Wildman–Crippen LogP) is 8.13. The first kappa shape index (κ1) is 25.9. The van der Waals surface area contributed by atoms with E-state index in [1.54, 1.807) is 0 Å². The topological polar surface area (TPSA) is 9.72 Å². The van der Waals surface area contributed by atoms with Crippen molar-refractivity contribution < 1.29 is 0 Å². The maximum atomic E-state index is 3.08. The molecule has 3 aliphatic rings. The molecule has 3 heterocycles. The van der Waals surface area contributed by atoms with E-state index in [2.05, 4.69) is 20.9 Å². The molecule has 3 fully saturated rings. The number of nitrogens with zero attached hydrogens (tertiary/aromatic N) is 3. The van der Waals surface area contributed by atoms with Gasteiger partial charge in [0.15, 0.2) is 0 Å². The molecular weight excluding hydrogens is 397 g/mol. The molecule has 0 aromatic heterocycles. The Morgan fingerprint density at radius 2 is 0.742 bits per heavy atom. The third kappa shape index (κ3) is 7.94. The normalized spacial score (nSPS) is 22.7. The Bertz CT molecular complexity index is 394. The third-order valence-electron chi connectivity index (χ3n) is 8.17. The van der Waals surface area contributed by atoms with Crippen molar-refractivity contribution in [1.82, 2.24) is 14.0 Å². The molecule has 3 saturated heterocycles. The zero-order chi connectivity index (χ0) is 21.6. The Labute approximate surface area is 196 Å². The van der Waals surface area contributed by atoms with E-state index in [1.807, 2.05) is 0 Å². The molecule has 3 rings (SSSR count). The average molecular weight is 453 g/mol. The zero-order valence-electron chi connectivity index (χ0n) is 21.2. The predicted molar refractivity (Wildman–Crippen MR) is 140 cm³/mol. The van der Waals surface area contributed by atoms with Crippen LogP contribution in [-0.4, -0.2) is 59.4 Å². The van der Waals surface area contributed by atoms with Gasteiger partial charge in [0.2, 0.25) is 7.71 Å². The molecule has 0 aromatic rings. The lowest BCUT2D eigenvalue weighted by atomic mass is 10.1. The molecule has 0 spiro atoms. The Morgan fingerprint density at radius 1 is 0.419 bits per heavy atom. The van der Waals surface area contributed by atoms with Gasteiger partial charge in [-0.1, -0.05) is 77.6 Å². The lowest BCUT2D eigenvalue weighted by Crippen LogP contribution is -2.51. The quantitative estimate of drug-likeness (QED) is 0.194. The minimum Gasteiger partial charge on any atom is -0.148 e. The van der Waals surface area contributed by atoms with Crippen molar-refractivity contribution in [2.75, 3.05) is 45.4 Å². The van der Waals surface area contributed by atoms with Gasteiger partial charge in [0, 0.05) is 39.3 Å². The van der Waals surface area contributed by atoms with E-state index in [1.165, 1.54) is 167 Å². The fraction of sp³-hybridized carbons (Fsp3) is 1.00. The van der Waals surface area contributed by atoms with E-state index >= 15 is 0 Å². The monoisotopic (exact) mass is 452 g/mol. The van der Waals surface area contributed by atoms with Crippen LogP contribution in [-0.2, 0) is 0 Å². The molecule has 0 amide bonds. The van der Waals surface area contributed by atoms with Crippen LogP contribution in [0, 0.1) is 0 Å². The molecule has 0 radical (unpaired) electrons. The third-order valence-corrected chi connectivity index (χ3v) is 13.0. The highest BCUT2D eigenvalue weighted by Crippen LogP contribution is 2.69. The summed E-state index contributed by atoms with van der Waals surface area (Å²) < 4.78 is 9.25. The van der Waals surface area contributed by atoms with E-state index in [9.17, 15) is 0 Å². The van der Waals surface area contributed by atoms with Gasteiger partial charge in [-0.05, 0) is 51.4 Å². The fourth-order valence-electron chi connectivity index (χ4n) is 6.36. The summed E-state index contributed by atoms with van der Waals surface area (Å²) in [5.74, 6) is 0. The summed E-state index contributed by atoms with van der Waals surface area (Å²) in [5, 5.41) is 0. The van der Waals surface area contributed by atoms with Crippen LogP contribution in [0.5, 0.6) is 0 Å². The molecule has 182 valence electrons. The second-order valence-corrected chi connectivity index (χ2v) is 14.2. The maximum Gasteiger partial charge on any atom is 0.227 e. The van der Waals surface area contributed by atoms with Crippen molar-refractivity contribution in [3.05, 3.63) is 0 Å². The molecule has 0 saturated carbocycles. The summed E-state index contributed by atoms with van der Waals surface area (Å²) in [7, 11) is -1.30. The van der Waals surface area contributed by atoms with Gasteiger partial charge in [-0.2, -0.15) is 0 Å². The Kier molecular flexibility index (Phi) is 12.8. The van der Waals surface area contributed by atoms with Crippen molar-refractivity contribution in [2.45, 2.75) is 129 Å². The van der Waals surface area contributed by atoms with Crippen molar-refractivity contribution >= 4 is 7.71 Å². The van der Waals surface area contributed by atoms with Crippen molar-refractivity contribution in [2.24, 2.45) is 0 Å². The molecule has 0 atom stereocenters. The molecule has 0 aliphatic carbocycles. The summed E-state index contributed by atoms with van der Waals surface area (Å²) in [6.07, 6.45) is 29.2. The standard InChI is InChI=1S/C27H55N3P/c1-2-3-4-5-6-7-8-9-10-20-27-31(28-21-14-11-15-22-28,29-23-16-12-17-24-29)30-25-18-13-19-26-30/h2-27H2,1H3/q+1. The largest absolute Gasteiger partial charge is 0.227 e. The first-order chi connectivity index (χ1) is 15.4. The lowest BCUT2D eigenvalue weighted by molar-refractivity contribution is 0.238. The van der Waals surface area contributed by atoms with Crippen LogP contribution in [0.3, 0.4) is 0 Å². The average Bonchev–Trinajstić information content (AvgIpc) is 2.84. The Balaban J connectivity index is 1.55. The Hall–Kier alpha value is 0.310.